The lowest BCUT2D eigenvalue weighted by Gasteiger charge is -2.44. The lowest BCUT2D eigenvalue weighted by atomic mass is 9.81. The molecule has 1 aliphatic carbocycles. The third kappa shape index (κ3) is 5.50. The molecule has 4 rings (SSSR count). The number of aliphatic hydroxyl groups excluding tert-OH is 3. The Kier molecular flexibility index (Phi) is 8.88. The maximum absolute atomic E-state index is 13.3. The molecule has 190 valence electrons. The third-order valence-corrected chi connectivity index (χ3v) is 9.27. The summed E-state index contributed by atoms with van der Waals surface area (Å²) in [6.45, 7) is 3.13. The monoisotopic (exact) mass is 506 g/mol. The number of aliphatic hydroxyl groups is 3. The Bertz CT molecular complexity index is 667. The average Bonchev–Trinajstić information content (AvgIpc) is 3.42. The van der Waals surface area contributed by atoms with Gasteiger partial charge in [0.1, 0.15) is 35.9 Å². The van der Waals surface area contributed by atoms with Crippen molar-refractivity contribution < 1.29 is 29.6 Å². The van der Waals surface area contributed by atoms with Gasteiger partial charge in [0, 0.05) is 13.2 Å². The Balaban J connectivity index is 1.41. The standard InChI is InChI=1S/C23H39ClN2O6S/c1-11(24)15(21-18(28)17(27)19(29)23(32-21)33-2)26-22(30)16-20-14(10-25-16)9-13(7-8-31-20)12-5-3-4-6-12/h11-21,23,25,27-29H,3-10H2,1-2H3,(H,26,30)/t11-,13?,14-,15+,16-,17?,18?,19?,20+,21?,23?/m0/s1. The van der Waals surface area contributed by atoms with Gasteiger partial charge in [-0.1, -0.05) is 25.7 Å². The first-order valence-electron chi connectivity index (χ1n) is 12.3. The van der Waals surface area contributed by atoms with E-state index in [1.54, 1.807) is 13.2 Å². The first-order chi connectivity index (χ1) is 15.8. The Morgan fingerprint density at radius 3 is 2.48 bits per heavy atom. The second kappa shape index (κ2) is 11.3. The molecule has 0 aromatic heterocycles. The van der Waals surface area contributed by atoms with Gasteiger partial charge in [0.2, 0.25) is 5.91 Å². The molecule has 10 heteroatoms. The maximum atomic E-state index is 13.3. The topological polar surface area (TPSA) is 120 Å². The minimum atomic E-state index is -1.39. The molecule has 0 radical (unpaired) electrons. The molecule has 0 spiro atoms. The van der Waals surface area contributed by atoms with Crippen LogP contribution < -0.4 is 10.6 Å². The number of halogens is 1. The Morgan fingerprint density at radius 1 is 1.09 bits per heavy atom. The van der Waals surface area contributed by atoms with Crippen LogP contribution in [0, 0.1) is 17.8 Å². The summed E-state index contributed by atoms with van der Waals surface area (Å²) in [6.07, 6.45) is 4.06. The zero-order chi connectivity index (χ0) is 23.7. The van der Waals surface area contributed by atoms with E-state index in [1.165, 1.54) is 37.4 Å². The van der Waals surface area contributed by atoms with Gasteiger partial charge in [0.05, 0.1) is 17.5 Å². The number of hydrogen-bond donors (Lipinski definition) is 5. The van der Waals surface area contributed by atoms with E-state index in [0.29, 0.717) is 18.4 Å². The van der Waals surface area contributed by atoms with Crippen LogP contribution in [0.25, 0.3) is 0 Å². The summed E-state index contributed by atoms with van der Waals surface area (Å²) in [5.41, 5.74) is -0.727. The van der Waals surface area contributed by atoms with Gasteiger partial charge in [-0.15, -0.1) is 23.4 Å². The van der Waals surface area contributed by atoms with Gasteiger partial charge in [0.25, 0.3) is 0 Å². The number of ether oxygens (including phenoxy) is 2. The summed E-state index contributed by atoms with van der Waals surface area (Å²) in [5.74, 6) is 1.52. The molecule has 1 amide bonds. The van der Waals surface area contributed by atoms with Crippen molar-refractivity contribution in [3.05, 3.63) is 0 Å². The summed E-state index contributed by atoms with van der Waals surface area (Å²) in [6, 6.07) is -1.24. The van der Waals surface area contributed by atoms with Gasteiger partial charge in [-0.05, 0) is 43.8 Å². The van der Waals surface area contributed by atoms with Crippen LogP contribution in [0.3, 0.4) is 0 Å². The number of nitrogens with one attached hydrogen (secondary N) is 2. The highest BCUT2D eigenvalue weighted by Gasteiger charge is 2.49. The molecule has 0 bridgehead atoms. The van der Waals surface area contributed by atoms with E-state index in [0.717, 1.165) is 25.3 Å². The zero-order valence-electron chi connectivity index (χ0n) is 19.4. The molecule has 0 aromatic carbocycles. The van der Waals surface area contributed by atoms with Crippen LogP contribution in [-0.4, -0.2) is 94.1 Å². The van der Waals surface area contributed by atoms with E-state index in [4.69, 9.17) is 21.1 Å². The first kappa shape index (κ1) is 25.9. The van der Waals surface area contributed by atoms with E-state index in [2.05, 4.69) is 10.6 Å². The second-order valence-electron chi connectivity index (χ2n) is 10.2. The van der Waals surface area contributed by atoms with Crippen LogP contribution in [0.1, 0.15) is 45.4 Å². The highest BCUT2D eigenvalue weighted by molar-refractivity contribution is 7.99. The van der Waals surface area contributed by atoms with Crippen LogP contribution in [0.5, 0.6) is 0 Å². The van der Waals surface area contributed by atoms with E-state index in [1.807, 2.05) is 0 Å². The summed E-state index contributed by atoms with van der Waals surface area (Å²) in [5, 5.41) is 36.8. The van der Waals surface area contributed by atoms with Crippen LogP contribution >= 0.6 is 23.4 Å². The van der Waals surface area contributed by atoms with E-state index in [9.17, 15) is 20.1 Å². The predicted octanol–water partition coefficient (Wildman–Crippen LogP) is 0.843. The van der Waals surface area contributed by atoms with E-state index in [-0.39, 0.29) is 12.0 Å². The molecule has 8 nitrogen and oxygen atoms in total. The van der Waals surface area contributed by atoms with Gasteiger partial charge in [-0.2, -0.15) is 0 Å². The number of rotatable bonds is 6. The molecule has 5 N–H and O–H groups in total. The molecule has 0 aromatic rings. The third-order valence-electron chi connectivity index (χ3n) is 8.14. The molecule has 3 saturated heterocycles. The van der Waals surface area contributed by atoms with Crippen molar-refractivity contribution in [1.82, 2.24) is 10.6 Å². The summed E-state index contributed by atoms with van der Waals surface area (Å²) < 4.78 is 12.1. The molecular weight excluding hydrogens is 468 g/mol. The lowest BCUT2D eigenvalue weighted by Crippen LogP contribution is -2.65. The van der Waals surface area contributed by atoms with Crippen molar-refractivity contribution in [2.24, 2.45) is 17.8 Å². The van der Waals surface area contributed by atoms with Crippen LogP contribution in [0.4, 0.5) is 0 Å². The number of amides is 1. The minimum absolute atomic E-state index is 0.189. The fraction of sp³-hybridized carbons (Fsp3) is 0.957. The van der Waals surface area contributed by atoms with E-state index < -0.39 is 47.3 Å². The maximum Gasteiger partial charge on any atom is 0.240 e. The van der Waals surface area contributed by atoms with Crippen LogP contribution in [-0.2, 0) is 14.3 Å². The molecule has 33 heavy (non-hydrogen) atoms. The fourth-order valence-electron chi connectivity index (χ4n) is 6.27. The molecular formula is C23H39ClN2O6S. The number of fused-ring (bicyclic) bond motifs is 1. The molecule has 3 aliphatic heterocycles. The second-order valence-corrected chi connectivity index (χ2v) is 11.8. The summed E-state index contributed by atoms with van der Waals surface area (Å²) in [7, 11) is 0. The summed E-state index contributed by atoms with van der Waals surface area (Å²) in [4.78, 5) is 13.3. The Morgan fingerprint density at radius 2 is 1.82 bits per heavy atom. The van der Waals surface area contributed by atoms with Gasteiger partial charge in [-0.25, -0.2) is 0 Å². The van der Waals surface area contributed by atoms with Gasteiger partial charge >= 0.3 is 0 Å². The molecule has 1 saturated carbocycles. The van der Waals surface area contributed by atoms with Crippen molar-refractivity contribution in [2.75, 3.05) is 19.4 Å². The fourth-order valence-corrected chi connectivity index (χ4v) is 7.16. The molecule has 6 unspecified atom stereocenters. The number of carbonyl (C=O) groups is 1. The van der Waals surface area contributed by atoms with Crippen molar-refractivity contribution in [2.45, 2.75) is 98.9 Å². The molecule has 11 atom stereocenters. The smallest absolute Gasteiger partial charge is 0.240 e. The Labute approximate surface area is 205 Å². The first-order valence-corrected chi connectivity index (χ1v) is 14.1. The van der Waals surface area contributed by atoms with Gasteiger partial charge in [0.15, 0.2) is 0 Å². The van der Waals surface area contributed by atoms with Crippen LogP contribution in [0.15, 0.2) is 0 Å². The SMILES string of the molecule is CSC1OC([C@H](NC(=O)[C@H]2NC[C@@H]3CC(C4CCCC4)CCO[C@H]32)[C@H](C)Cl)C(O)C(O)C1O. The molecule has 3 heterocycles. The largest absolute Gasteiger partial charge is 0.388 e. The number of thioether (sulfide) groups is 1. The highest BCUT2D eigenvalue weighted by atomic mass is 35.5. The molecule has 4 fully saturated rings. The van der Waals surface area contributed by atoms with Crippen molar-refractivity contribution in [1.29, 1.82) is 0 Å². The number of alkyl halides is 1. The van der Waals surface area contributed by atoms with Gasteiger partial charge < -0.3 is 35.4 Å². The lowest BCUT2D eigenvalue weighted by molar-refractivity contribution is -0.205. The minimum Gasteiger partial charge on any atom is -0.388 e. The van der Waals surface area contributed by atoms with Crippen molar-refractivity contribution >= 4 is 29.3 Å². The van der Waals surface area contributed by atoms with Gasteiger partial charge in [-0.3, -0.25) is 4.79 Å². The zero-order valence-corrected chi connectivity index (χ0v) is 21.0. The number of hydrogen-bond acceptors (Lipinski definition) is 8. The Hall–Kier alpha value is -0.130. The van der Waals surface area contributed by atoms with Crippen molar-refractivity contribution in [3.63, 3.8) is 0 Å². The molecule has 4 aliphatic rings. The van der Waals surface area contributed by atoms with Crippen LogP contribution in [0.2, 0.25) is 0 Å². The quantitative estimate of drug-likeness (QED) is 0.336. The van der Waals surface area contributed by atoms with Crippen molar-refractivity contribution in [3.8, 4) is 0 Å². The number of carbonyl (C=O) groups excluding carboxylic acids is 1. The normalized spacial score (nSPS) is 44.1. The van der Waals surface area contributed by atoms with E-state index >= 15 is 0 Å². The summed E-state index contributed by atoms with van der Waals surface area (Å²) >= 11 is 7.65. The highest BCUT2D eigenvalue weighted by Crippen LogP contribution is 2.40. The average molecular weight is 507 g/mol. The predicted molar refractivity (Wildman–Crippen MR) is 127 cm³/mol.